The number of halogens is 1. The SMILES string of the molecule is C=CC[Se]C[C@H](N)C(=O)O.Cl. The molecule has 0 aromatic carbocycles. The van der Waals surface area contributed by atoms with E-state index in [1.807, 2.05) is 0 Å². The van der Waals surface area contributed by atoms with E-state index in [1.54, 1.807) is 6.08 Å². The molecule has 11 heavy (non-hydrogen) atoms. The molecule has 0 fully saturated rings. The first-order valence-electron chi connectivity index (χ1n) is 2.85. The van der Waals surface area contributed by atoms with Gasteiger partial charge in [-0.3, -0.25) is 0 Å². The van der Waals surface area contributed by atoms with Crippen LogP contribution in [0.2, 0.25) is 10.6 Å². The smallest absolute Gasteiger partial charge is 0.147 e. The average molecular weight is 245 g/mol. The molecule has 0 saturated heterocycles. The van der Waals surface area contributed by atoms with Gasteiger partial charge in [0.25, 0.3) is 0 Å². The summed E-state index contributed by atoms with van der Waals surface area (Å²) < 4.78 is 0. The van der Waals surface area contributed by atoms with E-state index in [-0.39, 0.29) is 12.4 Å². The molecule has 0 aromatic heterocycles. The van der Waals surface area contributed by atoms with Gasteiger partial charge in [-0.1, -0.05) is 0 Å². The van der Waals surface area contributed by atoms with Crippen molar-refractivity contribution in [2.45, 2.75) is 16.7 Å². The fourth-order valence-electron chi connectivity index (χ4n) is 0.350. The first-order chi connectivity index (χ1) is 4.68. The largest absolute Gasteiger partial charge is 0.147 e. The van der Waals surface area contributed by atoms with Crippen LogP contribution in [0.1, 0.15) is 0 Å². The second-order valence-corrected chi connectivity index (χ2v) is 4.03. The van der Waals surface area contributed by atoms with Crippen LogP contribution in [0.15, 0.2) is 12.7 Å². The van der Waals surface area contributed by atoms with Crippen LogP contribution < -0.4 is 5.73 Å². The summed E-state index contributed by atoms with van der Waals surface area (Å²) in [5.74, 6) is -0.911. The third-order valence-corrected chi connectivity index (χ3v) is 3.09. The van der Waals surface area contributed by atoms with E-state index < -0.39 is 12.0 Å². The van der Waals surface area contributed by atoms with Crippen LogP contribution in [0, 0.1) is 0 Å². The van der Waals surface area contributed by atoms with Crippen LogP contribution >= 0.6 is 12.4 Å². The molecule has 0 aliphatic rings. The molecule has 0 heterocycles. The predicted molar refractivity (Wildman–Crippen MR) is 48.4 cm³/mol. The van der Waals surface area contributed by atoms with Gasteiger partial charge in [0, 0.05) is 0 Å². The van der Waals surface area contributed by atoms with Crippen LogP contribution in [-0.2, 0) is 4.79 Å². The number of nitrogens with two attached hydrogens (primary N) is 1. The van der Waals surface area contributed by atoms with Crippen LogP contribution in [0.25, 0.3) is 0 Å². The van der Waals surface area contributed by atoms with Crippen LogP contribution in [-0.4, -0.2) is 32.1 Å². The van der Waals surface area contributed by atoms with Gasteiger partial charge in [0.1, 0.15) is 0 Å². The summed E-state index contributed by atoms with van der Waals surface area (Å²) in [6.45, 7) is 3.53. The number of carboxylic acid groups (broad SMARTS) is 1. The minimum absolute atomic E-state index is 0. The summed E-state index contributed by atoms with van der Waals surface area (Å²) in [5, 5.41) is 9.83. The maximum absolute atomic E-state index is 10.2. The first-order valence-corrected chi connectivity index (χ1v) is 5.27. The van der Waals surface area contributed by atoms with Gasteiger partial charge in [-0.2, -0.15) is 0 Å². The van der Waals surface area contributed by atoms with Gasteiger partial charge in [-0.25, -0.2) is 0 Å². The van der Waals surface area contributed by atoms with Crippen molar-refractivity contribution < 1.29 is 9.90 Å². The molecule has 0 spiro atoms. The number of allylic oxidation sites excluding steroid dienone is 1. The molecule has 0 aliphatic carbocycles. The fraction of sp³-hybridized carbons (Fsp3) is 0.500. The van der Waals surface area contributed by atoms with Crippen molar-refractivity contribution in [1.29, 1.82) is 0 Å². The Kier molecular flexibility index (Phi) is 9.96. The molecule has 0 rings (SSSR count). The molecule has 0 aromatic rings. The Bertz CT molecular complexity index is 132. The molecule has 0 aliphatic heterocycles. The monoisotopic (exact) mass is 245 g/mol. The van der Waals surface area contributed by atoms with E-state index >= 15 is 0 Å². The van der Waals surface area contributed by atoms with Gasteiger partial charge in [0.15, 0.2) is 0 Å². The molecule has 3 N–H and O–H groups in total. The van der Waals surface area contributed by atoms with Gasteiger partial charge < -0.3 is 0 Å². The summed E-state index contributed by atoms with van der Waals surface area (Å²) in [6, 6.07) is -0.681. The molecule has 0 unspecified atom stereocenters. The Morgan fingerprint density at radius 3 is 2.73 bits per heavy atom. The Hall–Kier alpha value is -0.0205. The molecule has 0 bridgehead atoms. The second kappa shape index (κ2) is 8.08. The standard InChI is InChI=1S/C6H11NO2Se.ClH/c1-2-3-10-4-5(7)6(8)9;/h2,5H,1,3-4,7H2,(H,8,9);1H/t5-;/m0./s1. The molecular formula is C6H12ClNO2Se. The predicted octanol–water partition coefficient (Wildman–Crippen LogP) is 0.547. The van der Waals surface area contributed by atoms with Crippen LogP contribution in [0.4, 0.5) is 0 Å². The average Bonchev–Trinajstić information content (AvgIpc) is 1.88. The minimum Gasteiger partial charge on any atom is -0.147 e. The van der Waals surface area contributed by atoms with Crippen molar-refractivity contribution in [3.05, 3.63) is 12.7 Å². The summed E-state index contributed by atoms with van der Waals surface area (Å²) in [6.07, 6.45) is 1.79. The quantitative estimate of drug-likeness (QED) is 0.422. The van der Waals surface area contributed by atoms with Gasteiger partial charge in [-0.05, 0) is 0 Å². The van der Waals surface area contributed by atoms with E-state index in [4.69, 9.17) is 10.8 Å². The third kappa shape index (κ3) is 7.88. The second-order valence-electron chi connectivity index (χ2n) is 1.77. The maximum Gasteiger partial charge on any atom is -0.147 e. The van der Waals surface area contributed by atoms with Crippen molar-refractivity contribution in [3.8, 4) is 0 Å². The summed E-state index contributed by atoms with van der Waals surface area (Å²) in [5.41, 5.74) is 5.24. The zero-order chi connectivity index (χ0) is 7.98. The van der Waals surface area contributed by atoms with E-state index in [0.29, 0.717) is 20.3 Å². The number of aliphatic carboxylic acids is 1. The Morgan fingerprint density at radius 2 is 2.36 bits per heavy atom. The van der Waals surface area contributed by atoms with Crippen LogP contribution in [0.5, 0.6) is 0 Å². The fourth-order valence-corrected chi connectivity index (χ4v) is 1.82. The van der Waals surface area contributed by atoms with Gasteiger partial charge in [0.2, 0.25) is 0 Å². The summed E-state index contributed by atoms with van der Waals surface area (Å²) in [7, 11) is 0. The number of carboxylic acids is 1. The zero-order valence-corrected chi connectivity index (χ0v) is 8.55. The molecule has 0 amide bonds. The van der Waals surface area contributed by atoms with Crippen LogP contribution in [0.3, 0.4) is 0 Å². The Balaban J connectivity index is 0. The molecule has 5 heteroatoms. The van der Waals surface area contributed by atoms with Gasteiger partial charge >= 0.3 is 65.9 Å². The zero-order valence-electron chi connectivity index (χ0n) is 6.03. The molecular weight excluding hydrogens is 232 g/mol. The number of rotatable bonds is 5. The van der Waals surface area contributed by atoms with Crippen molar-refractivity contribution in [2.24, 2.45) is 5.73 Å². The first kappa shape index (κ1) is 13.6. The molecule has 0 saturated carbocycles. The molecule has 66 valence electrons. The third-order valence-electron chi connectivity index (χ3n) is 0.850. The Labute approximate surface area is 78.6 Å². The van der Waals surface area contributed by atoms with Crippen molar-refractivity contribution >= 4 is 33.3 Å². The van der Waals surface area contributed by atoms with Gasteiger partial charge in [0.05, 0.1) is 0 Å². The number of hydrogen-bond donors (Lipinski definition) is 2. The topological polar surface area (TPSA) is 63.3 Å². The van der Waals surface area contributed by atoms with E-state index in [9.17, 15) is 4.79 Å². The van der Waals surface area contributed by atoms with Crippen molar-refractivity contribution in [1.82, 2.24) is 0 Å². The van der Waals surface area contributed by atoms with E-state index in [2.05, 4.69) is 6.58 Å². The normalized spacial score (nSPS) is 11.4. The number of hydrogen-bond acceptors (Lipinski definition) is 2. The van der Waals surface area contributed by atoms with Crippen molar-refractivity contribution in [3.63, 3.8) is 0 Å². The van der Waals surface area contributed by atoms with Crippen molar-refractivity contribution in [2.75, 3.05) is 0 Å². The molecule has 0 radical (unpaired) electrons. The maximum atomic E-state index is 10.2. The molecule has 1 atom stereocenters. The van der Waals surface area contributed by atoms with E-state index in [1.165, 1.54) is 0 Å². The van der Waals surface area contributed by atoms with E-state index in [0.717, 1.165) is 5.32 Å². The summed E-state index contributed by atoms with van der Waals surface area (Å²) >= 11 is 0.305. The minimum atomic E-state index is -0.911. The molecule has 3 nitrogen and oxygen atoms in total. The Morgan fingerprint density at radius 1 is 1.82 bits per heavy atom. The summed E-state index contributed by atoms with van der Waals surface area (Å²) in [4.78, 5) is 10.2. The van der Waals surface area contributed by atoms with Gasteiger partial charge in [-0.15, -0.1) is 12.4 Å². The number of carbonyl (C=O) groups is 1.